The van der Waals surface area contributed by atoms with E-state index in [0.29, 0.717) is 11.3 Å². The normalized spacial score (nSPS) is 22.1. The standard InChI is InChI=1S/C13H26O/c1-11(10-13(14)8-9-13)6-5-7-12(2,3)4/h11,14H,5-10H2,1-4H3. The molecule has 0 spiro atoms. The molecule has 1 unspecified atom stereocenters. The van der Waals surface area contributed by atoms with Crippen LogP contribution in [0.15, 0.2) is 0 Å². The van der Waals surface area contributed by atoms with E-state index in [0.717, 1.165) is 19.3 Å². The lowest BCUT2D eigenvalue weighted by Gasteiger charge is -2.20. The number of rotatable bonds is 5. The number of hydrogen-bond donors (Lipinski definition) is 1. The molecule has 84 valence electrons. The summed E-state index contributed by atoms with van der Waals surface area (Å²) in [5.74, 6) is 0.699. The Morgan fingerprint density at radius 2 is 1.86 bits per heavy atom. The van der Waals surface area contributed by atoms with Crippen molar-refractivity contribution < 1.29 is 5.11 Å². The Hall–Kier alpha value is -0.0400. The Morgan fingerprint density at radius 1 is 1.29 bits per heavy atom. The predicted octanol–water partition coefficient (Wildman–Crippen LogP) is 3.75. The van der Waals surface area contributed by atoms with E-state index in [1.165, 1.54) is 19.3 Å². The molecule has 0 aromatic heterocycles. The van der Waals surface area contributed by atoms with E-state index in [9.17, 15) is 5.11 Å². The molecule has 1 heteroatoms. The van der Waals surface area contributed by atoms with Crippen molar-refractivity contribution in [2.45, 2.75) is 71.8 Å². The molecule has 1 aliphatic carbocycles. The van der Waals surface area contributed by atoms with Crippen molar-refractivity contribution in [1.82, 2.24) is 0 Å². The number of aliphatic hydroxyl groups is 1. The van der Waals surface area contributed by atoms with Crippen LogP contribution in [0.1, 0.15) is 66.2 Å². The van der Waals surface area contributed by atoms with Crippen molar-refractivity contribution in [2.75, 3.05) is 0 Å². The Bertz CT molecular complexity index is 174. The third-order valence-corrected chi connectivity index (χ3v) is 3.18. The largest absolute Gasteiger partial charge is 0.390 e. The molecule has 1 nitrogen and oxygen atoms in total. The molecule has 1 fully saturated rings. The van der Waals surface area contributed by atoms with Gasteiger partial charge in [-0.15, -0.1) is 0 Å². The van der Waals surface area contributed by atoms with Crippen LogP contribution >= 0.6 is 0 Å². The second-order valence-electron chi connectivity index (χ2n) is 6.49. The van der Waals surface area contributed by atoms with Gasteiger partial charge >= 0.3 is 0 Å². The fourth-order valence-electron chi connectivity index (χ4n) is 2.08. The quantitative estimate of drug-likeness (QED) is 0.713. The van der Waals surface area contributed by atoms with Crippen LogP contribution in [-0.4, -0.2) is 10.7 Å². The van der Waals surface area contributed by atoms with Crippen LogP contribution in [0.2, 0.25) is 0 Å². The molecular formula is C13H26O. The van der Waals surface area contributed by atoms with Crippen LogP contribution in [0.25, 0.3) is 0 Å². The summed E-state index contributed by atoms with van der Waals surface area (Å²) in [5, 5.41) is 9.76. The first kappa shape index (κ1) is 12.0. The summed E-state index contributed by atoms with van der Waals surface area (Å²) in [6.07, 6.45) is 6.99. The van der Waals surface area contributed by atoms with E-state index in [1.54, 1.807) is 0 Å². The topological polar surface area (TPSA) is 20.2 Å². The van der Waals surface area contributed by atoms with Gasteiger partial charge in [0.1, 0.15) is 0 Å². The van der Waals surface area contributed by atoms with Crippen molar-refractivity contribution in [2.24, 2.45) is 11.3 Å². The SMILES string of the molecule is CC(CCCC(C)(C)C)CC1(O)CC1. The monoisotopic (exact) mass is 198 g/mol. The lowest BCUT2D eigenvalue weighted by molar-refractivity contribution is 0.118. The zero-order valence-corrected chi connectivity index (χ0v) is 10.3. The summed E-state index contributed by atoms with van der Waals surface area (Å²) in [7, 11) is 0. The molecule has 0 radical (unpaired) electrons. The van der Waals surface area contributed by atoms with Crippen LogP contribution in [0, 0.1) is 11.3 Å². The minimum absolute atomic E-state index is 0.249. The molecular weight excluding hydrogens is 172 g/mol. The second-order valence-corrected chi connectivity index (χ2v) is 6.49. The van der Waals surface area contributed by atoms with Gasteiger partial charge in [-0.05, 0) is 37.0 Å². The molecule has 1 aliphatic rings. The van der Waals surface area contributed by atoms with Crippen molar-refractivity contribution >= 4 is 0 Å². The minimum Gasteiger partial charge on any atom is -0.390 e. The first-order valence-electron chi connectivity index (χ1n) is 6.03. The van der Waals surface area contributed by atoms with Crippen LogP contribution in [-0.2, 0) is 0 Å². The molecule has 14 heavy (non-hydrogen) atoms. The molecule has 1 N–H and O–H groups in total. The van der Waals surface area contributed by atoms with Gasteiger partial charge in [0.15, 0.2) is 0 Å². The lowest BCUT2D eigenvalue weighted by Crippen LogP contribution is -2.13. The highest BCUT2D eigenvalue weighted by Crippen LogP contribution is 2.41. The highest BCUT2D eigenvalue weighted by Gasteiger charge is 2.40. The first-order chi connectivity index (χ1) is 6.31. The Morgan fingerprint density at radius 3 is 2.29 bits per heavy atom. The van der Waals surface area contributed by atoms with Gasteiger partial charge in [0, 0.05) is 0 Å². The molecule has 0 aromatic rings. The third kappa shape index (κ3) is 4.99. The fourth-order valence-corrected chi connectivity index (χ4v) is 2.08. The van der Waals surface area contributed by atoms with Gasteiger partial charge in [-0.2, -0.15) is 0 Å². The average molecular weight is 198 g/mol. The summed E-state index contributed by atoms with van der Waals surface area (Å²) in [5.41, 5.74) is 0.220. The summed E-state index contributed by atoms with van der Waals surface area (Å²) >= 11 is 0. The molecule has 1 saturated carbocycles. The van der Waals surface area contributed by atoms with Crippen molar-refractivity contribution in [3.05, 3.63) is 0 Å². The third-order valence-electron chi connectivity index (χ3n) is 3.18. The highest BCUT2D eigenvalue weighted by molar-refractivity contribution is 4.94. The Balaban J connectivity index is 2.06. The van der Waals surface area contributed by atoms with Crippen molar-refractivity contribution in [3.63, 3.8) is 0 Å². The Kier molecular flexibility index (Phi) is 3.63. The highest BCUT2D eigenvalue weighted by atomic mass is 16.3. The fraction of sp³-hybridized carbons (Fsp3) is 1.00. The van der Waals surface area contributed by atoms with E-state index in [2.05, 4.69) is 27.7 Å². The van der Waals surface area contributed by atoms with Crippen molar-refractivity contribution in [1.29, 1.82) is 0 Å². The molecule has 0 bridgehead atoms. The van der Waals surface area contributed by atoms with Gasteiger partial charge < -0.3 is 5.11 Å². The van der Waals surface area contributed by atoms with Gasteiger partial charge in [0.05, 0.1) is 5.60 Å². The molecule has 0 heterocycles. The van der Waals surface area contributed by atoms with Crippen LogP contribution in [0.3, 0.4) is 0 Å². The van der Waals surface area contributed by atoms with Gasteiger partial charge in [-0.25, -0.2) is 0 Å². The van der Waals surface area contributed by atoms with Gasteiger partial charge in [0.2, 0.25) is 0 Å². The number of hydrogen-bond acceptors (Lipinski definition) is 1. The van der Waals surface area contributed by atoms with E-state index >= 15 is 0 Å². The minimum atomic E-state index is -0.249. The maximum Gasteiger partial charge on any atom is 0.0652 e. The summed E-state index contributed by atoms with van der Waals surface area (Å²) in [6.45, 7) is 9.17. The van der Waals surface area contributed by atoms with E-state index in [1.807, 2.05) is 0 Å². The smallest absolute Gasteiger partial charge is 0.0652 e. The maximum atomic E-state index is 9.76. The summed E-state index contributed by atoms with van der Waals surface area (Å²) in [6, 6.07) is 0. The van der Waals surface area contributed by atoms with Gasteiger partial charge in [-0.3, -0.25) is 0 Å². The van der Waals surface area contributed by atoms with Gasteiger partial charge in [0.25, 0.3) is 0 Å². The molecule has 0 amide bonds. The lowest BCUT2D eigenvalue weighted by atomic mass is 9.87. The predicted molar refractivity (Wildman–Crippen MR) is 61.3 cm³/mol. The maximum absolute atomic E-state index is 9.76. The van der Waals surface area contributed by atoms with E-state index in [4.69, 9.17) is 0 Å². The molecule has 0 aromatic carbocycles. The van der Waals surface area contributed by atoms with Crippen LogP contribution < -0.4 is 0 Å². The van der Waals surface area contributed by atoms with E-state index in [-0.39, 0.29) is 5.60 Å². The van der Waals surface area contributed by atoms with Crippen molar-refractivity contribution in [3.8, 4) is 0 Å². The van der Waals surface area contributed by atoms with E-state index < -0.39 is 0 Å². The Labute approximate surface area is 88.9 Å². The molecule has 0 aliphatic heterocycles. The zero-order valence-electron chi connectivity index (χ0n) is 10.3. The summed E-state index contributed by atoms with van der Waals surface area (Å²) in [4.78, 5) is 0. The first-order valence-corrected chi connectivity index (χ1v) is 6.03. The molecule has 1 rings (SSSR count). The molecule has 0 saturated heterocycles. The second kappa shape index (κ2) is 4.22. The summed E-state index contributed by atoms with van der Waals surface area (Å²) < 4.78 is 0. The average Bonchev–Trinajstić information content (AvgIpc) is 2.64. The van der Waals surface area contributed by atoms with Crippen LogP contribution in [0.4, 0.5) is 0 Å². The zero-order chi connectivity index (χ0) is 10.8. The molecule has 1 atom stereocenters. The van der Waals surface area contributed by atoms with Gasteiger partial charge in [-0.1, -0.05) is 40.5 Å². The van der Waals surface area contributed by atoms with Crippen LogP contribution in [0.5, 0.6) is 0 Å².